The fourth-order valence-electron chi connectivity index (χ4n) is 3.36. The molecule has 1 aromatic carbocycles. The number of amides is 1. The van der Waals surface area contributed by atoms with Gasteiger partial charge < -0.3 is 14.8 Å². The summed E-state index contributed by atoms with van der Waals surface area (Å²) in [5, 5.41) is 3.02. The highest BCUT2D eigenvalue weighted by molar-refractivity contribution is 5.92. The Morgan fingerprint density at radius 3 is 2.43 bits per heavy atom. The maximum absolute atomic E-state index is 12.5. The van der Waals surface area contributed by atoms with Crippen LogP contribution in [0.25, 0.3) is 0 Å². The number of rotatable bonds is 7. The number of benzene rings is 1. The van der Waals surface area contributed by atoms with Gasteiger partial charge >= 0.3 is 0 Å². The summed E-state index contributed by atoms with van der Waals surface area (Å²) in [5.74, 6) is 2.39. The third-order valence-corrected chi connectivity index (χ3v) is 4.83. The van der Waals surface area contributed by atoms with E-state index in [-0.39, 0.29) is 11.8 Å². The normalized spacial score (nSPS) is 20.8. The molecular formula is C19H29NO3. The van der Waals surface area contributed by atoms with Gasteiger partial charge in [0.25, 0.3) is 0 Å². The number of unbranched alkanes of at least 4 members (excludes halogenated alkanes) is 1. The molecule has 23 heavy (non-hydrogen) atoms. The summed E-state index contributed by atoms with van der Waals surface area (Å²) in [7, 11) is 3.20. The summed E-state index contributed by atoms with van der Waals surface area (Å²) in [6.45, 7) is 2.24. The zero-order valence-electron chi connectivity index (χ0n) is 14.6. The van der Waals surface area contributed by atoms with Gasteiger partial charge in [0.05, 0.1) is 14.2 Å². The standard InChI is InChI=1S/C19H29NO3/c1-4-5-6-14-7-9-15(10-8-14)19(21)20-16-11-12-17(22-2)18(13-16)23-3/h11-15H,4-10H2,1-3H3,(H,20,21). The van der Waals surface area contributed by atoms with Crippen molar-refractivity contribution in [3.05, 3.63) is 18.2 Å². The molecule has 1 fully saturated rings. The molecule has 1 aliphatic carbocycles. The number of nitrogens with one attached hydrogen (secondary N) is 1. The number of hydrogen-bond acceptors (Lipinski definition) is 3. The molecule has 0 heterocycles. The van der Waals surface area contributed by atoms with E-state index < -0.39 is 0 Å². The second-order valence-electron chi connectivity index (χ2n) is 6.42. The number of carbonyl (C=O) groups excluding carboxylic acids is 1. The van der Waals surface area contributed by atoms with Crippen LogP contribution in [0.2, 0.25) is 0 Å². The van der Waals surface area contributed by atoms with Gasteiger partial charge in [-0.3, -0.25) is 4.79 Å². The summed E-state index contributed by atoms with van der Waals surface area (Å²) in [6.07, 6.45) is 8.28. The summed E-state index contributed by atoms with van der Waals surface area (Å²) in [5.41, 5.74) is 0.765. The van der Waals surface area contributed by atoms with Crippen molar-refractivity contribution in [2.75, 3.05) is 19.5 Å². The lowest BCUT2D eigenvalue weighted by Gasteiger charge is -2.27. The van der Waals surface area contributed by atoms with E-state index in [9.17, 15) is 4.79 Å². The molecule has 4 nitrogen and oxygen atoms in total. The van der Waals surface area contributed by atoms with Crippen LogP contribution in [0, 0.1) is 11.8 Å². The van der Waals surface area contributed by atoms with E-state index in [0.717, 1.165) is 24.4 Å². The Labute approximate surface area is 139 Å². The fraction of sp³-hybridized carbons (Fsp3) is 0.632. The quantitative estimate of drug-likeness (QED) is 0.796. The maximum atomic E-state index is 12.5. The monoisotopic (exact) mass is 319 g/mol. The Balaban J connectivity index is 1.88. The van der Waals surface area contributed by atoms with Crippen molar-refractivity contribution in [3.8, 4) is 11.5 Å². The largest absolute Gasteiger partial charge is 0.493 e. The van der Waals surface area contributed by atoms with Crippen LogP contribution >= 0.6 is 0 Å². The van der Waals surface area contributed by atoms with Gasteiger partial charge in [-0.1, -0.05) is 26.2 Å². The van der Waals surface area contributed by atoms with Gasteiger partial charge in [0.2, 0.25) is 5.91 Å². The number of anilines is 1. The molecule has 0 bridgehead atoms. The molecule has 0 unspecified atom stereocenters. The molecule has 0 spiro atoms. The molecular weight excluding hydrogens is 290 g/mol. The first-order valence-electron chi connectivity index (χ1n) is 8.70. The summed E-state index contributed by atoms with van der Waals surface area (Å²) >= 11 is 0. The number of methoxy groups -OCH3 is 2. The third kappa shape index (κ3) is 4.88. The number of ether oxygens (including phenoxy) is 2. The van der Waals surface area contributed by atoms with E-state index in [1.165, 1.54) is 32.1 Å². The zero-order chi connectivity index (χ0) is 16.7. The van der Waals surface area contributed by atoms with E-state index in [1.54, 1.807) is 14.2 Å². The molecule has 1 N–H and O–H groups in total. The van der Waals surface area contributed by atoms with E-state index >= 15 is 0 Å². The summed E-state index contributed by atoms with van der Waals surface area (Å²) in [4.78, 5) is 12.5. The minimum atomic E-state index is 0.131. The first-order valence-corrected chi connectivity index (χ1v) is 8.70. The predicted octanol–water partition coefficient (Wildman–Crippen LogP) is 4.64. The molecule has 1 saturated carbocycles. The van der Waals surface area contributed by atoms with E-state index in [0.29, 0.717) is 11.5 Å². The molecule has 128 valence electrons. The van der Waals surface area contributed by atoms with Crippen LogP contribution in [0.1, 0.15) is 51.9 Å². The maximum Gasteiger partial charge on any atom is 0.227 e. The lowest BCUT2D eigenvalue weighted by Crippen LogP contribution is -2.27. The lowest BCUT2D eigenvalue weighted by atomic mass is 9.79. The Bertz CT molecular complexity index is 507. The highest BCUT2D eigenvalue weighted by atomic mass is 16.5. The van der Waals surface area contributed by atoms with Crippen molar-refractivity contribution < 1.29 is 14.3 Å². The first kappa shape index (κ1) is 17.6. The highest BCUT2D eigenvalue weighted by Crippen LogP contribution is 2.34. The Kier molecular flexibility index (Phi) is 6.75. The molecule has 0 saturated heterocycles. The Morgan fingerprint density at radius 1 is 1.13 bits per heavy atom. The van der Waals surface area contributed by atoms with Gasteiger partial charge in [0.15, 0.2) is 11.5 Å². The van der Waals surface area contributed by atoms with Gasteiger partial charge in [-0.05, 0) is 43.7 Å². The van der Waals surface area contributed by atoms with E-state index in [4.69, 9.17) is 9.47 Å². The van der Waals surface area contributed by atoms with Crippen LogP contribution in [0.4, 0.5) is 5.69 Å². The van der Waals surface area contributed by atoms with Crippen molar-refractivity contribution in [2.45, 2.75) is 51.9 Å². The Hall–Kier alpha value is -1.71. The molecule has 1 amide bonds. The molecule has 1 aromatic rings. The van der Waals surface area contributed by atoms with Gasteiger partial charge in [-0.15, -0.1) is 0 Å². The minimum absolute atomic E-state index is 0.131. The topological polar surface area (TPSA) is 47.6 Å². The van der Waals surface area contributed by atoms with Crippen molar-refractivity contribution in [2.24, 2.45) is 11.8 Å². The second kappa shape index (κ2) is 8.80. The fourth-order valence-corrected chi connectivity index (χ4v) is 3.36. The van der Waals surface area contributed by atoms with E-state index in [1.807, 2.05) is 18.2 Å². The smallest absolute Gasteiger partial charge is 0.227 e. The molecule has 1 aliphatic rings. The van der Waals surface area contributed by atoms with Gasteiger partial charge in [-0.2, -0.15) is 0 Å². The molecule has 0 aromatic heterocycles. The minimum Gasteiger partial charge on any atom is -0.493 e. The SMILES string of the molecule is CCCCC1CCC(C(=O)Nc2ccc(OC)c(OC)c2)CC1. The molecule has 4 heteroatoms. The molecule has 0 atom stereocenters. The highest BCUT2D eigenvalue weighted by Gasteiger charge is 2.26. The first-order chi connectivity index (χ1) is 11.2. The number of carbonyl (C=O) groups is 1. The number of hydrogen-bond donors (Lipinski definition) is 1. The van der Waals surface area contributed by atoms with Crippen LogP contribution in [-0.4, -0.2) is 20.1 Å². The van der Waals surface area contributed by atoms with Crippen LogP contribution in [-0.2, 0) is 4.79 Å². The van der Waals surface area contributed by atoms with Crippen molar-refractivity contribution >= 4 is 11.6 Å². The lowest BCUT2D eigenvalue weighted by molar-refractivity contribution is -0.121. The second-order valence-corrected chi connectivity index (χ2v) is 6.42. The van der Waals surface area contributed by atoms with Gasteiger partial charge in [0.1, 0.15) is 0 Å². The predicted molar refractivity (Wildman–Crippen MR) is 93.1 cm³/mol. The molecule has 2 rings (SSSR count). The van der Waals surface area contributed by atoms with Gasteiger partial charge in [0, 0.05) is 17.7 Å². The third-order valence-electron chi connectivity index (χ3n) is 4.83. The van der Waals surface area contributed by atoms with Crippen molar-refractivity contribution in [1.29, 1.82) is 0 Å². The van der Waals surface area contributed by atoms with E-state index in [2.05, 4.69) is 12.2 Å². The average molecular weight is 319 g/mol. The van der Waals surface area contributed by atoms with Crippen LogP contribution < -0.4 is 14.8 Å². The summed E-state index contributed by atoms with van der Waals surface area (Å²) < 4.78 is 10.5. The summed E-state index contributed by atoms with van der Waals surface area (Å²) in [6, 6.07) is 5.48. The van der Waals surface area contributed by atoms with Gasteiger partial charge in [-0.25, -0.2) is 0 Å². The van der Waals surface area contributed by atoms with Crippen LogP contribution in [0.5, 0.6) is 11.5 Å². The van der Waals surface area contributed by atoms with Crippen LogP contribution in [0.3, 0.4) is 0 Å². The van der Waals surface area contributed by atoms with Crippen molar-refractivity contribution in [1.82, 2.24) is 0 Å². The van der Waals surface area contributed by atoms with Crippen molar-refractivity contribution in [3.63, 3.8) is 0 Å². The molecule has 0 radical (unpaired) electrons. The molecule has 0 aliphatic heterocycles. The Morgan fingerprint density at radius 2 is 1.83 bits per heavy atom. The zero-order valence-corrected chi connectivity index (χ0v) is 14.6. The average Bonchev–Trinajstić information content (AvgIpc) is 2.60. The van der Waals surface area contributed by atoms with Crippen LogP contribution in [0.15, 0.2) is 18.2 Å².